The van der Waals surface area contributed by atoms with Crippen LogP contribution in [0.25, 0.3) is 11.0 Å². The molecule has 2 heterocycles. The summed E-state index contributed by atoms with van der Waals surface area (Å²) in [6, 6.07) is 5.53. The van der Waals surface area contributed by atoms with Crippen molar-refractivity contribution >= 4 is 16.9 Å². The van der Waals surface area contributed by atoms with Crippen molar-refractivity contribution < 1.29 is 19.1 Å². The van der Waals surface area contributed by atoms with Gasteiger partial charge in [0.25, 0.3) is 0 Å². The first-order valence-electron chi connectivity index (χ1n) is 8.08. The van der Waals surface area contributed by atoms with Crippen LogP contribution in [0.3, 0.4) is 0 Å². The molecule has 23 heavy (non-hydrogen) atoms. The van der Waals surface area contributed by atoms with E-state index < -0.39 is 0 Å². The van der Waals surface area contributed by atoms with Crippen molar-refractivity contribution in [3.63, 3.8) is 0 Å². The molecule has 0 bridgehead atoms. The number of carbonyl (C=O) groups is 1. The van der Waals surface area contributed by atoms with Crippen LogP contribution in [-0.4, -0.2) is 42.2 Å². The standard InChI is InChI=1S/C18H23NO4/c1-12-4-3-7-19(16(12)10-20)18(21)8-13-11-23-17-9-14(22-2)5-6-15(13)17/h5-6,9,11-12,16,20H,3-4,7-8,10H2,1-2H3. The van der Waals surface area contributed by atoms with E-state index in [-0.39, 0.29) is 18.6 Å². The van der Waals surface area contributed by atoms with Crippen LogP contribution in [0.1, 0.15) is 25.3 Å². The normalized spacial score (nSPS) is 21.6. The molecule has 0 aliphatic carbocycles. The van der Waals surface area contributed by atoms with E-state index in [1.165, 1.54) is 0 Å². The third kappa shape index (κ3) is 3.06. The van der Waals surface area contributed by atoms with Gasteiger partial charge >= 0.3 is 0 Å². The molecule has 1 N–H and O–H groups in total. The number of benzene rings is 1. The van der Waals surface area contributed by atoms with Crippen molar-refractivity contribution in [2.45, 2.75) is 32.2 Å². The van der Waals surface area contributed by atoms with Gasteiger partial charge in [0.05, 0.1) is 32.4 Å². The molecule has 5 nitrogen and oxygen atoms in total. The lowest BCUT2D eigenvalue weighted by molar-refractivity contribution is -0.136. The Morgan fingerprint density at radius 1 is 1.48 bits per heavy atom. The van der Waals surface area contributed by atoms with Crippen LogP contribution in [0.15, 0.2) is 28.9 Å². The number of hydrogen-bond donors (Lipinski definition) is 1. The third-order valence-electron chi connectivity index (χ3n) is 4.83. The molecular weight excluding hydrogens is 294 g/mol. The molecule has 1 saturated heterocycles. The molecule has 5 heteroatoms. The molecule has 1 aliphatic heterocycles. The molecule has 1 fully saturated rings. The first-order valence-corrected chi connectivity index (χ1v) is 8.08. The number of furan rings is 1. The van der Waals surface area contributed by atoms with Gasteiger partial charge in [0.1, 0.15) is 11.3 Å². The largest absolute Gasteiger partial charge is 0.497 e. The molecule has 124 valence electrons. The van der Waals surface area contributed by atoms with Crippen LogP contribution in [-0.2, 0) is 11.2 Å². The Bertz CT molecular complexity index is 693. The van der Waals surface area contributed by atoms with Crippen LogP contribution < -0.4 is 4.74 Å². The van der Waals surface area contributed by atoms with Gasteiger partial charge in [0.2, 0.25) is 5.91 Å². The first-order chi connectivity index (χ1) is 11.1. The summed E-state index contributed by atoms with van der Waals surface area (Å²) in [6.45, 7) is 2.84. The quantitative estimate of drug-likeness (QED) is 0.941. The van der Waals surface area contributed by atoms with E-state index in [2.05, 4.69) is 6.92 Å². The summed E-state index contributed by atoms with van der Waals surface area (Å²) < 4.78 is 10.7. The maximum Gasteiger partial charge on any atom is 0.227 e. The smallest absolute Gasteiger partial charge is 0.227 e. The van der Waals surface area contributed by atoms with E-state index in [1.807, 2.05) is 23.1 Å². The van der Waals surface area contributed by atoms with Gasteiger partial charge in [-0.3, -0.25) is 4.79 Å². The number of nitrogens with zero attached hydrogens (tertiary/aromatic N) is 1. The van der Waals surface area contributed by atoms with Gasteiger partial charge in [0.15, 0.2) is 0 Å². The Labute approximate surface area is 135 Å². The maximum atomic E-state index is 12.7. The highest BCUT2D eigenvalue weighted by Crippen LogP contribution is 2.28. The molecule has 2 atom stereocenters. The van der Waals surface area contributed by atoms with Gasteiger partial charge in [-0.15, -0.1) is 0 Å². The number of ether oxygens (including phenoxy) is 1. The van der Waals surface area contributed by atoms with Gasteiger partial charge in [0, 0.05) is 23.6 Å². The van der Waals surface area contributed by atoms with Crippen LogP contribution in [0.4, 0.5) is 0 Å². The first kappa shape index (κ1) is 15.9. The van der Waals surface area contributed by atoms with E-state index in [0.29, 0.717) is 12.3 Å². The molecular formula is C18H23NO4. The van der Waals surface area contributed by atoms with Gasteiger partial charge in [-0.1, -0.05) is 6.92 Å². The summed E-state index contributed by atoms with van der Waals surface area (Å²) in [7, 11) is 1.61. The van der Waals surface area contributed by atoms with Crippen molar-refractivity contribution in [3.8, 4) is 5.75 Å². The molecule has 1 amide bonds. The zero-order chi connectivity index (χ0) is 16.4. The van der Waals surface area contributed by atoms with Crippen molar-refractivity contribution in [2.24, 2.45) is 5.92 Å². The van der Waals surface area contributed by atoms with Crippen LogP contribution in [0.2, 0.25) is 0 Å². The Hall–Kier alpha value is -2.01. The van der Waals surface area contributed by atoms with Gasteiger partial charge in [-0.25, -0.2) is 0 Å². The second-order valence-electron chi connectivity index (χ2n) is 6.26. The maximum absolute atomic E-state index is 12.7. The zero-order valence-corrected chi connectivity index (χ0v) is 13.6. The highest BCUT2D eigenvalue weighted by molar-refractivity contribution is 5.88. The average molecular weight is 317 g/mol. The fraction of sp³-hybridized carbons (Fsp3) is 0.500. The topological polar surface area (TPSA) is 62.9 Å². The van der Waals surface area contributed by atoms with E-state index in [0.717, 1.165) is 41.7 Å². The molecule has 2 aromatic rings. The van der Waals surface area contributed by atoms with E-state index in [4.69, 9.17) is 9.15 Å². The van der Waals surface area contributed by atoms with E-state index in [9.17, 15) is 9.90 Å². The fourth-order valence-electron chi connectivity index (χ4n) is 3.43. The molecule has 1 aromatic heterocycles. The number of likely N-dealkylation sites (tertiary alicyclic amines) is 1. The lowest BCUT2D eigenvalue weighted by Gasteiger charge is -2.39. The summed E-state index contributed by atoms with van der Waals surface area (Å²) in [5.41, 5.74) is 1.60. The van der Waals surface area contributed by atoms with Crippen molar-refractivity contribution in [1.82, 2.24) is 4.90 Å². The Balaban J connectivity index is 1.79. The summed E-state index contributed by atoms with van der Waals surface area (Å²) >= 11 is 0. The SMILES string of the molecule is COc1ccc2c(CC(=O)N3CCCC(C)C3CO)coc2c1. The van der Waals surface area contributed by atoms with Crippen molar-refractivity contribution in [1.29, 1.82) is 0 Å². The lowest BCUT2D eigenvalue weighted by atomic mass is 9.91. The second kappa shape index (κ2) is 6.62. The third-order valence-corrected chi connectivity index (χ3v) is 4.83. The monoisotopic (exact) mass is 317 g/mol. The summed E-state index contributed by atoms with van der Waals surface area (Å²) in [4.78, 5) is 14.5. The molecule has 1 aromatic carbocycles. The molecule has 0 saturated carbocycles. The van der Waals surface area contributed by atoms with Gasteiger partial charge < -0.3 is 19.2 Å². The lowest BCUT2D eigenvalue weighted by Crippen LogP contribution is -2.50. The molecule has 0 spiro atoms. The van der Waals surface area contributed by atoms with Crippen LogP contribution in [0.5, 0.6) is 5.75 Å². The average Bonchev–Trinajstić information content (AvgIpc) is 2.96. The Kier molecular flexibility index (Phi) is 4.57. The Morgan fingerprint density at radius 2 is 2.30 bits per heavy atom. The number of aliphatic hydroxyl groups is 1. The summed E-state index contributed by atoms with van der Waals surface area (Å²) in [5.74, 6) is 1.12. The number of rotatable bonds is 4. The summed E-state index contributed by atoms with van der Waals surface area (Å²) in [6.07, 6.45) is 3.99. The Morgan fingerprint density at radius 3 is 3.04 bits per heavy atom. The van der Waals surface area contributed by atoms with Crippen molar-refractivity contribution in [3.05, 3.63) is 30.0 Å². The van der Waals surface area contributed by atoms with Crippen LogP contribution >= 0.6 is 0 Å². The highest BCUT2D eigenvalue weighted by Gasteiger charge is 2.31. The minimum absolute atomic E-state index is 0.0240. The van der Waals surface area contributed by atoms with Gasteiger partial charge in [-0.2, -0.15) is 0 Å². The minimum Gasteiger partial charge on any atom is -0.497 e. The number of aliphatic hydroxyl groups excluding tert-OH is 1. The molecule has 3 rings (SSSR count). The number of amides is 1. The number of hydrogen-bond acceptors (Lipinski definition) is 4. The zero-order valence-electron chi connectivity index (χ0n) is 13.6. The fourth-order valence-corrected chi connectivity index (χ4v) is 3.43. The molecule has 1 aliphatic rings. The van der Waals surface area contributed by atoms with Crippen LogP contribution in [0, 0.1) is 5.92 Å². The predicted octanol–water partition coefficient (Wildman–Crippen LogP) is 2.60. The molecule has 2 unspecified atom stereocenters. The van der Waals surface area contributed by atoms with E-state index in [1.54, 1.807) is 13.4 Å². The number of piperidine rings is 1. The minimum atomic E-state index is -0.0745. The second-order valence-corrected chi connectivity index (χ2v) is 6.26. The highest BCUT2D eigenvalue weighted by atomic mass is 16.5. The van der Waals surface area contributed by atoms with Crippen molar-refractivity contribution in [2.75, 3.05) is 20.3 Å². The van der Waals surface area contributed by atoms with E-state index >= 15 is 0 Å². The molecule has 0 radical (unpaired) electrons. The summed E-state index contributed by atoms with van der Waals surface area (Å²) in [5, 5.41) is 10.5. The number of methoxy groups -OCH3 is 1. The number of carbonyl (C=O) groups excluding carboxylic acids is 1. The van der Waals surface area contributed by atoms with Gasteiger partial charge in [-0.05, 0) is 30.9 Å². The number of fused-ring (bicyclic) bond motifs is 1. The predicted molar refractivity (Wildman–Crippen MR) is 87.5 cm³/mol.